The lowest BCUT2D eigenvalue weighted by molar-refractivity contribution is -0.139. The standard InChI is InChI=1S/C31H32N4O3S/c1-7-38-30(37)27-20(3)32-31-35(28(27)22-11-9-8-10-12-22)29(36)26(39-31)18-23-17-19(2)34(21(23)4)25-15-13-24(14-16-25)33(5)6/h8-18,28H,7H2,1-6H3/b26-18+/t28-/m1/s1. The van der Waals surface area contributed by atoms with Crippen molar-refractivity contribution in [3.8, 4) is 5.69 Å². The highest BCUT2D eigenvalue weighted by atomic mass is 32.1. The molecule has 5 rings (SSSR count). The Labute approximate surface area is 231 Å². The summed E-state index contributed by atoms with van der Waals surface area (Å²) in [6, 6.07) is 19.5. The van der Waals surface area contributed by atoms with E-state index in [0.717, 1.165) is 33.9 Å². The van der Waals surface area contributed by atoms with Gasteiger partial charge in [-0.25, -0.2) is 9.79 Å². The number of thiazole rings is 1. The third kappa shape index (κ3) is 4.76. The molecule has 0 saturated heterocycles. The van der Waals surface area contributed by atoms with E-state index in [1.54, 1.807) is 18.4 Å². The molecule has 0 unspecified atom stereocenters. The van der Waals surface area contributed by atoms with Crippen LogP contribution >= 0.6 is 11.3 Å². The third-order valence-electron chi connectivity index (χ3n) is 7.01. The molecule has 3 heterocycles. The first-order valence-corrected chi connectivity index (χ1v) is 13.7. The summed E-state index contributed by atoms with van der Waals surface area (Å²) in [5, 5.41) is 0. The zero-order valence-corrected chi connectivity index (χ0v) is 23.9. The Hall–Kier alpha value is -4.17. The van der Waals surface area contributed by atoms with Crippen LogP contribution in [0.25, 0.3) is 11.8 Å². The molecule has 2 aromatic heterocycles. The molecule has 1 atom stereocenters. The van der Waals surface area contributed by atoms with E-state index < -0.39 is 12.0 Å². The molecular formula is C31H32N4O3S. The highest BCUT2D eigenvalue weighted by Gasteiger charge is 2.33. The number of carbonyl (C=O) groups is 1. The summed E-state index contributed by atoms with van der Waals surface area (Å²) in [6.07, 6.45) is 1.93. The molecule has 0 fully saturated rings. The van der Waals surface area contributed by atoms with Crippen LogP contribution in [0.4, 0.5) is 5.69 Å². The van der Waals surface area contributed by atoms with Gasteiger partial charge in [0.1, 0.15) is 0 Å². The highest BCUT2D eigenvalue weighted by Crippen LogP contribution is 2.30. The topological polar surface area (TPSA) is 68.8 Å². The minimum absolute atomic E-state index is 0.179. The minimum Gasteiger partial charge on any atom is -0.463 e. The van der Waals surface area contributed by atoms with Gasteiger partial charge in [-0.2, -0.15) is 0 Å². The number of allylic oxidation sites excluding steroid dienone is 1. The number of esters is 1. The van der Waals surface area contributed by atoms with Crippen molar-refractivity contribution in [3.63, 3.8) is 0 Å². The fourth-order valence-corrected chi connectivity index (χ4v) is 6.15. The fourth-order valence-electron chi connectivity index (χ4n) is 5.11. The summed E-state index contributed by atoms with van der Waals surface area (Å²) in [6.45, 7) is 7.94. The molecular weight excluding hydrogens is 508 g/mol. The molecule has 1 aliphatic heterocycles. The minimum atomic E-state index is -0.605. The Morgan fingerprint density at radius 2 is 1.77 bits per heavy atom. The van der Waals surface area contributed by atoms with Gasteiger partial charge in [0.05, 0.1) is 28.5 Å². The van der Waals surface area contributed by atoms with E-state index in [9.17, 15) is 9.59 Å². The van der Waals surface area contributed by atoms with Crippen molar-refractivity contribution >= 4 is 29.1 Å². The molecule has 39 heavy (non-hydrogen) atoms. The predicted molar refractivity (Wildman–Crippen MR) is 156 cm³/mol. The zero-order chi connectivity index (χ0) is 27.8. The predicted octanol–water partition coefficient (Wildman–Crippen LogP) is 4.27. The first-order valence-electron chi connectivity index (χ1n) is 12.9. The zero-order valence-electron chi connectivity index (χ0n) is 23.1. The Morgan fingerprint density at radius 1 is 1.08 bits per heavy atom. The van der Waals surface area contributed by atoms with Gasteiger partial charge < -0.3 is 14.2 Å². The first kappa shape index (κ1) is 26.4. The molecule has 7 nitrogen and oxygen atoms in total. The maximum Gasteiger partial charge on any atom is 0.338 e. The van der Waals surface area contributed by atoms with Crippen molar-refractivity contribution in [2.24, 2.45) is 4.99 Å². The van der Waals surface area contributed by atoms with Gasteiger partial charge in [-0.15, -0.1) is 0 Å². The van der Waals surface area contributed by atoms with Gasteiger partial charge >= 0.3 is 5.97 Å². The summed E-state index contributed by atoms with van der Waals surface area (Å²) in [7, 11) is 4.05. The van der Waals surface area contributed by atoms with Crippen molar-refractivity contribution in [1.82, 2.24) is 9.13 Å². The van der Waals surface area contributed by atoms with Gasteiger partial charge in [-0.1, -0.05) is 41.7 Å². The molecule has 0 amide bonds. The SMILES string of the molecule is CCOC(=O)C1=C(C)N=c2s/c(=C/c3cc(C)n(-c4ccc(N(C)C)cc4)c3C)c(=O)n2[C@@H]1c1ccccc1. The maximum absolute atomic E-state index is 13.9. The van der Waals surface area contributed by atoms with Crippen molar-refractivity contribution < 1.29 is 9.53 Å². The number of anilines is 1. The van der Waals surface area contributed by atoms with Crippen LogP contribution in [-0.2, 0) is 9.53 Å². The summed E-state index contributed by atoms with van der Waals surface area (Å²) in [4.78, 5) is 34.2. The number of aromatic nitrogens is 2. The lowest BCUT2D eigenvalue weighted by Crippen LogP contribution is -2.39. The summed E-state index contributed by atoms with van der Waals surface area (Å²) >= 11 is 1.34. The van der Waals surface area contributed by atoms with E-state index in [1.165, 1.54) is 11.3 Å². The number of hydrogen-bond acceptors (Lipinski definition) is 6. The second-order valence-electron chi connectivity index (χ2n) is 9.79. The third-order valence-corrected chi connectivity index (χ3v) is 8.00. The van der Waals surface area contributed by atoms with Crippen molar-refractivity contribution in [1.29, 1.82) is 0 Å². The van der Waals surface area contributed by atoms with Crippen LogP contribution in [-0.4, -0.2) is 35.8 Å². The first-order chi connectivity index (χ1) is 18.7. The molecule has 0 radical (unpaired) electrons. The Balaban J connectivity index is 1.65. The largest absolute Gasteiger partial charge is 0.463 e. The number of hydrogen-bond donors (Lipinski definition) is 0. The highest BCUT2D eigenvalue weighted by molar-refractivity contribution is 7.07. The summed E-state index contributed by atoms with van der Waals surface area (Å²) in [5.74, 6) is -0.453. The molecule has 0 spiro atoms. The molecule has 0 N–H and O–H groups in total. The lowest BCUT2D eigenvalue weighted by atomic mass is 9.96. The van der Waals surface area contributed by atoms with Crippen molar-refractivity contribution in [2.75, 3.05) is 25.6 Å². The number of carbonyl (C=O) groups excluding carboxylic acids is 1. The molecule has 0 bridgehead atoms. The van der Waals surface area contributed by atoms with E-state index in [-0.39, 0.29) is 12.2 Å². The smallest absolute Gasteiger partial charge is 0.338 e. The number of ether oxygens (including phenoxy) is 1. The Kier molecular flexibility index (Phi) is 7.14. The van der Waals surface area contributed by atoms with Gasteiger partial charge in [0.2, 0.25) is 0 Å². The van der Waals surface area contributed by atoms with Gasteiger partial charge in [0, 0.05) is 36.9 Å². The molecule has 4 aromatic rings. The second-order valence-corrected chi connectivity index (χ2v) is 10.8. The fraction of sp³-hybridized carbons (Fsp3) is 0.258. The maximum atomic E-state index is 13.9. The van der Waals surface area contributed by atoms with Crippen LogP contribution in [0.3, 0.4) is 0 Å². The van der Waals surface area contributed by atoms with Crippen LogP contribution < -0.4 is 19.8 Å². The van der Waals surface area contributed by atoms with Crippen molar-refractivity contribution in [3.05, 3.63) is 114 Å². The quantitative estimate of drug-likeness (QED) is 0.343. The second kappa shape index (κ2) is 10.5. The normalized spacial score (nSPS) is 15.2. The number of rotatable bonds is 6. The Morgan fingerprint density at radius 3 is 2.41 bits per heavy atom. The number of aryl methyl sites for hydroxylation is 1. The van der Waals surface area contributed by atoms with E-state index in [0.29, 0.717) is 20.6 Å². The molecule has 0 aliphatic carbocycles. The number of benzene rings is 2. The van der Waals surface area contributed by atoms with Crippen LogP contribution in [0.2, 0.25) is 0 Å². The van der Waals surface area contributed by atoms with Crippen LogP contribution in [0.15, 0.2) is 81.7 Å². The monoisotopic (exact) mass is 540 g/mol. The van der Waals surface area contributed by atoms with Crippen LogP contribution in [0, 0.1) is 13.8 Å². The van der Waals surface area contributed by atoms with Crippen LogP contribution in [0.1, 0.15) is 42.4 Å². The molecule has 8 heteroatoms. The molecule has 200 valence electrons. The van der Waals surface area contributed by atoms with E-state index in [4.69, 9.17) is 4.74 Å². The lowest BCUT2D eigenvalue weighted by Gasteiger charge is -2.24. The number of nitrogens with zero attached hydrogens (tertiary/aromatic N) is 4. The van der Waals surface area contributed by atoms with Gasteiger partial charge in [0.15, 0.2) is 4.80 Å². The van der Waals surface area contributed by atoms with Crippen molar-refractivity contribution in [2.45, 2.75) is 33.7 Å². The van der Waals surface area contributed by atoms with E-state index in [1.807, 2.05) is 50.5 Å². The van der Waals surface area contributed by atoms with E-state index >= 15 is 0 Å². The Bertz CT molecular complexity index is 1760. The van der Waals surface area contributed by atoms with Gasteiger partial charge in [-0.05, 0) is 75.2 Å². The number of fused-ring (bicyclic) bond motifs is 1. The molecule has 2 aromatic carbocycles. The molecule has 0 saturated carbocycles. The van der Waals surface area contributed by atoms with E-state index in [2.05, 4.69) is 58.6 Å². The average Bonchev–Trinajstić information content (AvgIpc) is 3.37. The van der Waals surface area contributed by atoms with Crippen LogP contribution in [0.5, 0.6) is 0 Å². The average molecular weight is 541 g/mol. The summed E-state index contributed by atoms with van der Waals surface area (Å²) in [5.41, 5.74) is 6.89. The molecule has 1 aliphatic rings. The van der Waals surface area contributed by atoms with Gasteiger partial charge in [-0.3, -0.25) is 9.36 Å². The van der Waals surface area contributed by atoms with Gasteiger partial charge in [0.25, 0.3) is 5.56 Å². The summed E-state index contributed by atoms with van der Waals surface area (Å²) < 4.78 is 9.76.